The van der Waals surface area contributed by atoms with Crippen LogP contribution in [-0.4, -0.2) is 26.7 Å². The number of benzene rings is 3. The van der Waals surface area contributed by atoms with E-state index >= 15 is 0 Å². The highest BCUT2D eigenvalue weighted by Crippen LogP contribution is 2.19. The summed E-state index contributed by atoms with van der Waals surface area (Å²) < 4.78 is 29.4. The van der Waals surface area contributed by atoms with Crippen molar-refractivity contribution in [3.63, 3.8) is 0 Å². The number of rotatable bonds is 6. The average Bonchev–Trinajstić information content (AvgIpc) is 2.91. The summed E-state index contributed by atoms with van der Waals surface area (Å²) in [4.78, 5) is 65.3. The summed E-state index contributed by atoms with van der Waals surface area (Å²) in [7, 11) is 0. The van der Waals surface area contributed by atoms with E-state index in [1.807, 2.05) is 0 Å². The molecule has 1 atom stereocenters. The van der Waals surface area contributed by atoms with Crippen LogP contribution >= 0.6 is 11.6 Å². The lowest BCUT2D eigenvalue weighted by atomic mass is 10.1. The topological polar surface area (TPSA) is 107 Å². The molecular formula is C27H18ClF2N3O5. The van der Waals surface area contributed by atoms with Gasteiger partial charge in [-0.2, -0.15) is 8.96 Å². The van der Waals surface area contributed by atoms with Gasteiger partial charge in [-0.05, 0) is 49.4 Å². The number of nitrogens with zero attached hydrogens (tertiary/aromatic N) is 2. The van der Waals surface area contributed by atoms with Gasteiger partial charge in [0, 0.05) is 16.7 Å². The molecule has 0 bridgehead atoms. The highest BCUT2D eigenvalue weighted by molar-refractivity contribution is 6.30. The van der Waals surface area contributed by atoms with Crippen LogP contribution in [0.5, 0.6) is 0 Å². The number of halogens is 3. The van der Waals surface area contributed by atoms with Gasteiger partial charge in [0.2, 0.25) is 11.6 Å². The van der Waals surface area contributed by atoms with E-state index in [9.17, 15) is 32.8 Å². The third-order valence-electron chi connectivity index (χ3n) is 5.57. The summed E-state index contributed by atoms with van der Waals surface area (Å²) >= 11 is 5.70. The molecule has 1 unspecified atom stereocenters. The SMILES string of the molecule is Cc1cccc(C(=O)NC(C(=O)c2ccc(Cl)c(F)c2)n2cc(F)c(=O)n(C(=O)c3ccccc3)c2=O)c1. The number of carbonyl (C=O) groups excluding carboxylic acids is 3. The van der Waals surface area contributed by atoms with E-state index in [2.05, 4.69) is 5.32 Å². The second-order valence-corrected chi connectivity index (χ2v) is 8.62. The fraction of sp³-hybridized carbons (Fsp3) is 0.0741. The molecule has 1 heterocycles. The summed E-state index contributed by atoms with van der Waals surface area (Å²) in [6.45, 7) is 1.72. The van der Waals surface area contributed by atoms with Gasteiger partial charge in [-0.3, -0.25) is 23.7 Å². The van der Waals surface area contributed by atoms with Crippen molar-refractivity contribution in [2.24, 2.45) is 0 Å². The van der Waals surface area contributed by atoms with Gasteiger partial charge in [-0.15, -0.1) is 0 Å². The van der Waals surface area contributed by atoms with E-state index in [1.54, 1.807) is 25.1 Å². The first-order valence-corrected chi connectivity index (χ1v) is 11.5. The first-order chi connectivity index (χ1) is 18.1. The molecule has 192 valence electrons. The Morgan fingerprint density at radius 1 is 0.842 bits per heavy atom. The van der Waals surface area contributed by atoms with Crippen LogP contribution < -0.4 is 16.6 Å². The van der Waals surface area contributed by atoms with E-state index in [0.29, 0.717) is 16.3 Å². The maximum absolute atomic E-state index is 14.8. The first kappa shape index (κ1) is 26.4. The normalized spacial score (nSPS) is 11.6. The second kappa shape index (κ2) is 10.7. The number of carbonyl (C=O) groups is 3. The van der Waals surface area contributed by atoms with Gasteiger partial charge in [0.25, 0.3) is 17.4 Å². The van der Waals surface area contributed by atoms with E-state index in [0.717, 1.165) is 18.2 Å². The van der Waals surface area contributed by atoms with Crippen molar-refractivity contribution in [3.05, 3.63) is 139 Å². The van der Waals surface area contributed by atoms with Crippen molar-refractivity contribution >= 4 is 29.2 Å². The minimum absolute atomic E-state index is 0.0201. The van der Waals surface area contributed by atoms with Crippen molar-refractivity contribution in [1.82, 2.24) is 14.5 Å². The van der Waals surface area contributed by atoms with E-state index in [4.69, 9.17) is 11.6 Å². The Labute approximate surface area is 218 Å². The summed E-state index contributed by atoms with van der Waals surface area (Å²) in [5, 5.41) is 2.04. The van der Waals surface area contributed by atoms with E-state index < -0.39 is 46.6 Å². The molecule has 0 spiro atoms. The molecule has 4 aromatic rings. The largest absolute Gasteiger partial charge is 0.340 e. The maximum Gasteiger partial charge on any atom is 0.340 e. The molecule has 8 nitrogen and oxygen atoms in total. The summed E-state index contributed by atoms with van der Waals surface area (Å²) in [5.74, 6) is -5.52. The van der Waals surface area contributed by atoms with Crippen molar-refractivity contribution in [3.8, 4) is 0 Å². The van der Waals surface area contributed by atoms with Gasteiger partial charge in [0.05, 0.1) is 11.2 Å². The lowest BCUT2D eigenvalue weighted by molar-refractivity contribution is 0.0806. The van der Waals surface area contributed by atoms with E-state index in [-0.39, 0.29) is 26.3 Å². The number of aryl methyl sites for hydroxylation is 1. The van der Waals surface area contributed by atoms with Crippen LogP contribution in [0.4, 0.5) is 8.78 Å². The summed E-state index contributed by atoms with van der Waals surface area (Å²) in [5.41, 5.74) is -2.55. The molecule has 38 heavy (non-hydrogen) atoms. The van der Waals surface area contributed by atoms with Gasteiger partial charge >= 0.3 is 5.69 Å². The molecular weight excluding hydrogens is 520 g/mol. The van der Waals surface area contributed by atoms with Crippen LogP contribution in [0.3, 0.4) is 0 Å². The Morgan fingerprint density at radius 2 is 1.53 bits per heavy atom. The van der Waals surface area contributed by atoms with Crippen LogP contribution in [0.1, 0.15) is 42.8 Å². The summed E-state index contributed by atoms with van der Waals surface area (Å²) in [6, 6.07) is 16.4. The monoisotopic (exact) mass is 537 g/mol. The van der Waals surface area contributed by atoms with Crippen LogP contribution in [0, 0.1) is 18.6 Å². The number of amides is 1. The first-order valence-electron chi connectivity index (χ1n) is 11.1. The van der Waals surface area contributed by atoms with Gasteiger partial charge in [0.1, 0.15) is 5.82 Å². The molecule has 0 aliphatic heterocycles. The van der Waals surface area contributed by atoms with Crippen molar-refractivity contribution in [2.75, 3.05) is 0 Å². The Balaban J connectivity index is 1.89. The number of hydrogen-bond acceptors (Lipinski definition) is 5. The molecule has 1 amide bonds. The predicted molar refractivity (Wildman–Crippen MR) is 135 cm³/mol. The number of Topliss-reactive ketones (excluding diaryl/α,β-unsaturated/α-hetero) is 1. The zero-order valence-corrected chi connectivity index (χ0v) is 20.4. The van der Waals surface area contributed by atoms with Crippen LogP contribution in [-0.2, 0) is 0 Å². The number of nitrogens with one attached hydrogen (secondary N) is 1. The third kappa shape index (κ3) is 5.21. The lowest BCUT2D eigenvalue weighted by Gasteiger charge is -2.21. The summed E-state index contributed by atoms with van der Waals surface area (Å²) in [6.07, 6.45) is -1.56. The van der Waals surface area contributed by atoms with Gasteiger partial charge in [-0.25, -0.2) is 9.18 Å². The molecule has 4 rings (SSSR count). The number of ketones is 1. The Hall–Kier alpha value is -4.70. The smallest absolute Gasteiger partial charge is 0.325 e. The third-order valence-corrected chi connectivity index (χ3v) is 5.88. The zero-order chi connectivity index (χ0) is 27.6. The molecule has 0 radical (unpaired) electrons. The molecule has 0 aliphatic carbocycles. The number of aromatic nitrogens is 2. The van der Waals surface area contributed by atoms with Crippen molar-refractivity contribution in [1.29, 1.82) is 0 Å². The van der Waals surface area contributed by atoms with Gasteiger partial charge < -0.3 is 5.32 Å². The highest BCUT2D eigenvalue weighted by Gasteiger charge is 2.30. The minimum atomic E-state index is -1.97. The zero-order valence-electron chi connectivity index (χ0n) is 19.7. The highest BCUT2D eigenvalue weighted by atomic mass is 35.5. The molecule has 0 aliphatic rings. The van der Waals surface area contributed by atoms with Gasteiger partial charge in [-0.1, -0.05) is 47.5 Å². The molecule has 11 heteroatoms. The van der Waals surface area contributed by atoms with E-state index in [1.165, 1.54) is 36.4 Å². The predicted octanol–water partition coefficient (Wildman–Crippen LogP) is 3.75. The Kier molecular flexibility index (Phi) is 7.45. The fourth-order valence-corrected chi connectivity index (χ4v) is 3.80. The average molecular weight is 538 g/mol. The quantitative estimate of drug-likeness (QED) is 0.377. The molecule has 1 N–H and O–H groups in total. The fourth-order valence-electron chi connectivity index (χ4n) is 3.68. The molecule has 0 saturated heterocycles. The van der Waals surface area contributed by atoms with Gasteiger partial charge in [0.15, 0.2) is 6.17 Å². The molecule has 1 aromatic heterocycles. The van der Waals surface area contributed by atoms with Crippen molar-refractivity contribution < 1.29 is 23.2 Å². The Bertz CT molecular complexity index is 1700. The minimum Gasteiger partial charge on any atom is -0.325 e. The van der Waals surface area contributed by atoms with Crippen LogP contribution in [0.25, 0.3) is 0 Å². The standard InChI is InChI=1S/C27H18ClF2N3O5/c1-15-6-5-9-18(12-15)24(35)31-23(22(34)17-10-11-19(28)20(29)13-17)32-14-21(30)26(37)33(27(32)38)25(36)16-7-3-2-4-8-16/h2-14,23H,1H3,(H,31,35). The lowest BCUT2D eigenvalue weighted by Crippen LogP contribution is -2.50. The second-order valence-electron chi connectivity index (χ2n) is 8.22. The van der Waals surface area contributed by atoms with Crippen LogP contribution in [0.2, 0.25) is 5.02 Å². The molecule has 0 saturated carbocycles. The maximum atomic E-state index is 14.8. The molecule has 0 fully saturated rings. The van der Waals surface area contributed by atoms with Crippen LogP contribution in [0.15, 0.2) is 88.6 Å². The van der Waals surface area contributed by atoms with Crippen molar-refractivity contribution in [2.45, 2.75) is 13.1 Å². The number of hydrogen-bond donors (Lipinski definition) is 1. The molecule has 3 aromatic carbocycles. The Morgan fingerprint density at radius 3 is 2.18 bits per heavy atom.